The average Bonchev–Trinajstić information content (AvgIpc) is 3.52. The number of aromatic amines is 1. The van der Waals surface area contributed by atoms with Crippen molar-refractivity contribution in [3.8, 4) is 16.8 Å². The van der Waals surface area contributed by atoms with Crippen LogP contribution in [0.3, 0.4) is 0 Å². The van der Waals surface area contributed by atoms with Gasteiger partial charge in [0.2, 0.25) is 0 Å². The Morgan fingerprint density at radius 1 is 1.18 bits per heavy atom. The van der Waals surface area contributed by atoms with Crippen LogP contribution in [0.15, 0.2) is 64.0 Å². The second-order valence-corrected chi connectivity index (χ2v) is 10.2. The van der Waals surface area contributed by atoms with Crippen LogP contribution in [-0.2, 0) is 6.42 Å². The van der Waals surface area contributed by atoms with Crippen LogP contribution in [0, 0.1) is 5.92 Å². The number of benzene rings is 2. The van der Waals surface area contributed by atoms with Crippen molar-refractivity contribution in [2.45, 2.75) is 39.2 Å². The number of nitrogens with zero attached hydrogens (tertiary/aromatic N) is 3. The Labute approximate surface area is 197 Å². The summed E-state index contributed by atoms with van der Waals surface area (Å²) in [5, 5.41) is 17.9. The first-order chi connectivity index (χ1) is 16.2. The number of H-pyrrole nitrogens is 1. The molecular formula is C26H29N4O4+. The van der Waals surface area contributed by atoms with Gasteiger partial charge in [0.05, 0.1) is 25.0 Å². The number of carbonyl (C=O) groups is 1. The quantitative estimate of drug-likeness (QED) is 0.424. The number of furan rings is 1. The van der Waals surface area contributed by atoms with Crippen molar-refractivity contribution in [3.05, 3.63) is 71.1 Å². The van der Waals surface area contributed by atoms with E-state index in [2.05, 4.69) is 16.3 Å². The molecule has 2 atom stereocenters. The lowest BCUT2D eigenvalue weighted by Crippen LogP contribution is -2.61. The number of fused-ring (bicyclic) bond motifs is 1. The van der Waals surface area contributed by atoms with E-state index in [1.807, 2.05) is 63.2 Å². The Morgan fingerprint density at radius 2 is 1.91 bits per heavy atom. The highest BCUT2D eigenvalue weighted by atomic mass is 16.4. The zero-order valence-electron chi connectivity index (χ0n) is 19.6. The third-order valence-corrected chi connectivity index (χ3v) is 7.26. The smallest absolute Gasteiger partial charge is 0.464 e. The normalized spacial score (nSPS) is 20.7. The lowest BCUT2D eigenvalue weighted by atomic mass is 10.0. The molecule has 1 amide bonds. The molecule has 1 aliphatic heterocycles. The number of aromatic nitrogens is 3. The summed E-state index contributed by atoms with van der Waals surface area (Å²) >= 11 is 0. The minimum absolute atomic E-state index is 0.0298. The highest BCUT2D eigenvalue weighted by molar-refractivity contribution is 5.83. The molecule has 8 nitrogen and oxygen atoms in total. The minimum Gasteiger partial charge on any atom is -0.464 e. The monoisotopic (exact) mass is 461 g/mol. The number of nitrogens with one attached hydrogen (secondary N) is 1. The van der Waals surface area contributed by atoms with Crippen molar-refractivity contribution in [1.29, 1.82) is 0 Å². The SMILES string of the molecule is CC(C)(C)[N+]1(C(=O)O)CC[C@@H](Cc2n[nH]c(=O)n2-c2ccc(-c3ccc4occc4c3)cc2)C1. The highest BCUT2D eigenvalue weighted by Crippen LogP contribution is 2.36. The molecule has 0 bridgehead atoms. The largest absolute Gasteiger partial charge is 0.513 e. The van der Waals surface area contributed by atoms with E-state index in [1.165, 1.54) is 0 Å². The fourth-order valence-electron chi connectivity index (χ4n) is 5.20. The van der Waals surface area contributed by atoms with Gasteiger partial charge >= 0.3 is 11.8 Å². The molecule has 1 saturated heterocycles. The molecule has 2 aromatic heterocycles. The molecule has 1 aliphatic rings. The third kappa shape index (κ3) is 3.64. The Kier molecular flexibility index (Phi) is 5.20. The maximum absolute atomic E-state index is 12.6. The van der Waals surface area contributed by atoms with Crippen LogP contribution in [0.4, 0.5) is 4.79 Å². The predicted octanol–water partition coefficient (Wildman–Crippen LogP) is 4.83. The van der Waals surface area contributed by atoms with Crippen molar-refractivity contribution >= 4 is 17.1 Å². The number of hydrogen-bond donors (Lipinski definition) is 2. The number of hydrogen-bond acceptors (Lipinski definition) is 4. The minimum atomic E-state index is -0.793. The molecular weight excluding hydrogens is 432 g/mol. The summed E-state index contributed by atoms with van der Waals surface area (Å²) in [6.07, 6.45) is 2.20. The van der Waals surface area contributed by atoms with Gasteiger partial charge in [0.1, 0.15) is 16.9 Å². The predicted molar refractivity (Wildman–Crippen MR) is 129 cm³/mol. The lowest BCUT2D eigenvalue weighted by Gasteiger charge is -2.40. The lowest BCUT2D eigenvalue weighted by molar-refractivity contribution is -0.893. The van der Waals surface area contributed by atoms with Gasteiger partial charge in [0, 0.05) is 24.1 Å². The number of carboxylic acid groups (broad SMARTS) is 1. The summed E-state index contributed by atoms with van der Waals surface area (Å²) in [5.41, 5.74) is 2.98. The zero-order valence-corrected chi connectivity index (χ0v) is 19.6. The molecule has 8 heteroatoms. The summed E-state index contributed by atoms with van der Waals surface area (Å²) < 4.78 is 7.04. The molecule has 0 radical (unpaired) electrons. The van der Waals surface area contributed by atoms with Gasteiger partial charge in [0.15, 0.2) is 0 Å². The van der Waals surface area contributed by atoms with Crippen molar-refractivity contribution in [1.82, 2.24) is 14.8 Å². The average molecular weight is 462 g/mol. The van der Waals surface area contributed by atoms with E-state index in [0.29, 0.717) is 25.3 Å². The summed E-state index contributed by atoms with van der Waals surface area (Å²) in [6, 6.07) is 15.8. The van der Waals surface area contributed by atoms with Gasteiger partial charge in [-0.05, 0) is 62.2 Å². The van der Waals surface area contributed by atoms with Crippen LogP contribution in [0.2, 0.25) is 0 Å². The Morgan fingerprint density at radius 3 is 2.59 bits per heavy atom. The van der Waals surface area contributed by atoms with E-state index in [0.717, 1.165) is 34.2 Å². The molecule has 0 aliphatic carbocycles. The summed E-state index contributed by atoms with van der Waals surface area (Å²) in [4.78, 5) is 24.8. The molecule has 5 rings (SSSR count). The van der Waals surface area contributed by atoms with E-state index < -0.39 is 11.6 Å². The number of quaternary nitrogens is 1. The van der Waals surface area contributed by atoms with Crippen molar-refractivity contribution in [3.63, 3.8) is 0 Å². The van der Waals surface area contributed by atoms with E-state index in [4.69, 9.17) is 4.42 Å². The number of rotatable bonds is 4. The Bertz CT molecular complexity index is 1410. The first kappa shape index (κ1) is 22.2. The Hall–Kier alpha value is -3.65. The van der Waals surface area contributed by atoms with E-state index in [-0.39, 0.29) is 16.1 Å². The van der Waals surface area contributed by atoms with Gasteiger partial charge in [-0.25, -0.2) is 18.9 Å². The van der Waals surface area contributed by atoms with Gasteiger partial charge in [-0.15, -0.1) is 0 Å². The van der Waals surface area contributed by atoms with Gasteiger partial charge in [0.25, 0.3) is 0 Å². The molecule has 1 fully saturated rings. The van der Waals surface area contributed by atoms with Gasteiger partial charge in [-0.1, -0.05) is 18.2 Å². The second kappa shape index (κ2) is 7.99. The van der Waals surface area contributed by atoms with E-state index >= 15 is 0 Å². The Balaban J connectivity index is 1.40. The summed E-state index contributed by atoms with van der Waals surface area (Å²) in [5.74, 6) is 0.757. The fourth-order valence-corrected chi connectivity index (χ4v) is 5.20. The third-order valence-electron chi connectivity index (χ3n) is 7.26. The zero-order chi connectivity index (χ0) is 24.1. The number of likely N-dealkylation sites (tertiary alicyclic amines) is 1. The van der Waals surface area contributed by atoms with Crippen LogP contribution in [0.5, 0.6) is 0 Å². The number of amides is 1. The van der Waals surface area contributed by atoms with Crippen LogP contribution in [0.1, 0.15) is 33.0 Å². The maximum atomic E-state index is 12.6. The molecule has 1 unspecified atom stereocenters. The highest BCUT2D eigenvalue weighted by Gasteiger charge is 2.53. The van der Waals surface area contributed by atoms with Crippen molar-refractivity contribution in [2.24, 2.45) is 5.92 Å². The molecule has 4 aromatic rings. The van der Waals surface area contributed by atoms with Crippen molar-refractivity contribution < 1.29 is 18.8 Å². The van der Waals surface area contributed by atoms with Crippen LogP contribution in [0.25, 0.3) is 27.8 Å². The topological polar surface area (TPSA) is 101 Å². The van der Waals surface area contributed by atoms with E-state index in [1.54, 1.807) is 10.8 Å². The molecule has 0 spiro atoms. The van der Waals surface area contributed by atoms with Crippen LogP contribution in [-0.4, -0.2) is 49.1 Å². The molecule has 2 aromatic carbocycles. The maximum Gasteiger partial charge on any atom is 0.513 e. The molecule has 0 saturated carbocycles. The van der Waals surface area contributed by atoms with E-state index in [9.17, 15) is 14.7 Å². The molecule has 34 heavy (non-hydrogen) atoms. The van der Waals surface area contributed by atoms with Gasteiger partial charge in [-0.2, -0.15) is 9.89 Å². The molecule has 3 heterocycles. The molecule has 176 valence electrons. The second-order valence-electron chi connectivity index (χ2n) is 10.2. The first-order valence-corrected chi connectivity index (χ1v) is 11.5. The fraction of sp³-hybridized carbons (Fsp3) is 0.346. The van der Waals surface area contributed by atoms with Crippen LogP contribution < -0.4 is 5.69 Å². The van der Waals surface area contributed by atoms with Gasteiger partial charge < -0.3 is 9.52 Å². The summed E-state index contributed by atoms with van der Waals surface area (Å²) in [7, 11) is 0. The van der Waals surface area contributed by atoms with Gasteiger partial charge in [-0.3, -0.25) is 0 Å². The molecule has 2 N–H and O–H groups in total. The van der Waals surface area contributed by atoms with Crippen LogP contribution >= 0.6 is 0 Å². The summed E-state index contributed by atoms with van der Waals surface area (Å²) in [6.45, 7) is 7.02. The standard InChI is InChI=1S/C26H28N4O4/c1-26(2,3)30(25(32)33)12-10-17(16-30)14-23-27-28-24(31)29(23)21-7-4-18(5-8-21)19-6-9-22-20(15-19)11-13-34-22/h4-9,11,13,15,17H,10,12,14,16H2,1-3H3,(H-,28,31,32,33)/p+1/t17-,30?/m0/s1. The first-order valence-electron chi connectivity index (χ1n) is 11.5. The van der Waals surface area contributed by atoms with Crippen molar-refractivity contribution in [2.75, 3.05) is 13.1 Å².